The summed E-state index contributed by atoms with van der Waals surface area (Å²) in [6.45, 7) is 19.6. The first kappa shape index (κ1) is 43.8. The maximum Gasteiger partial charge on any atom is 0.251 e. The van der Waals surface area contributed by atoms with Crippen LogP contribution in [-0.2, 0) is 25.7 Å². The van der Waals surface area contributed by atoms with Gasteiger partial charge in [0.05, 0.1) is 22.2 Å². The molecule has 3 atom stereocenters. The molecule has 3 aromatic rings. The second-order valence-corrected chi connectivity index (χ2v) is 19.2. The highest BCUT2D eigenvalue weighted by Crippen LogP contribution is 2.53. The van der Waals surface area contributed by atoms with Crippen molar-refractivity contribution in [2.24, 2.45) is 16.2 Å². The third-order valence-corrected chi connectivity index (χ3v) is 12.2. The molecule has 5 rings (SSSR count). The third kappa shape index (κ3) is 11.4. The van der Waals surface area contributed by atoms with Gasteiger partial charge in [0.15, 0.2) is 0 Å². The number of amides is 4. The van der Waals surface area contributed by atoms with Crippen molar-refractivity contribution in [3.8, 4) is 16.2 Å². The summed E-state index contributed by atoms with van der Waals surface area (Å²) in [6.07, 6.45) is 4.72. The van der Waals surface area contributed by atoms with E-state index in [1.54, 1.807) is 28.4 Å². The molecule has 1 saturated carbocycles. The summed E-state index contributed by atoms with van der Waals surface area (Å²) in [5, 5.41) is 9.15. The van der Waals surface area contributed by atoms with Crippen LogP contribution in [-0.4, -0.2) is 77.5 Å². The van der Waals surface area contributed by atoms with Crippen molar-refractivity contribution >= 4 is 35.0 Å². The largest absolute Gasteiger partial charge is 0.491 e. The van der Waals surface area contributed by atoms with Crippen LogP contribution in [0.25, 0.3) is 10.4 Å². The standard InChI is InChI=1S/C45H63N5O6S/c1-29(56-34-21-19-33(20-22-34)39(52)49-42-44(6,7)27-45(42,8)9)13-10-11-24-55-26-36(51)48-38(43(3,4)5)41(54)50-23-12-14-35(50)40(53)46-25-31-15-17-32(18-16-31)37-30(2)47-28-57-37/h15-22,28-29,35,38,42H,10-14,23-27H2,1-9H3,(H,46,53)(H,48,51)(H,49,52)/t29-,35+,38-/m1/s1. The minimum Gasteiger partial charge on any atom is -0.491 e. The minimum absolute atomic E-state index is 0.0370. The Morgan fingerprint density at radius 3 is 2.28 bits per heavy atom. The van der Waals surface area contributed by atoms with E-state index in [0.717, 1.165) is 47.4 Å². The van der Waals surface area contributed by atoms with Crippen LogP contribution < -0.4 is 20.7 Å². The van der Waals surface area contributed by atoms with Gasteiger partial charge in [-0.3, -0.25) is 19.2 Å². The number of unbranched alkanes of at least 4 members (excludes halogenated alkanes) is 1. The van der Waals surface area contributed by atoms with Gasteiger partial charge < -0.3 is 30.3 Å². The summed E-state index contributed by atoms with van der Waals surface area (Å²) < 4.78 is 11.8. The highest BCUT2D eigenvalue weighted by Gasteiger charge is 2.53. The third-order valence-electron chi connectivity index (χ3n) is 11.3. The maximum atomic E-state index is 13.9. The average molecular weight is 802 g/mol. The lowest BCUT2D eigenvalue weighted by Gasteiger charge is -2.57. The number of carbonyl (C=O) groups excluding carboxylic acids is 4. The lowest BCUT2D eigenvalue weighted by molar-refractivity contribution is -0.144. The molecule has 0 bridgehead atoms. The van der Waals surface area contributed by atoms with Crippen molar-refractivity contribution < 1.29 is 28.7 Å². The lowest BCUT2D eigenvalue weighted by Crippen LogP contribution is -2.63. The molecule has 2 heterocycles. The van der Waals surface area contributed by atoms with E-state index in [1.807, 2.05) is 76.5 Å². The van der Waals surface area contributed by atoms with E-state index in [2.05, 4.69) is 48.6 Å². The van der Waals surface area contributed by atoms with Crippen LogP contribution in [0.2, 0.25) is 0 Å². The minimum atomic E-state index is -0.812. The predicted octanol–water partition coefficient (Wildman–Crippen LogP) is 7.47. The smallest absolute Gasteiger partial charge is 0.251 e. The molecule has 57 heavy (non-hydrogen) atoms. The van der Waals surface area contributed by atoms with Crippen LogP contribution in [0.3, 0.4) is 0 Å². The summed E-state index contributed by atoms with van der Waals surface area (Å²) in [5.74, 6) is -0.169. The van der Waals surface area contributed by atoms with E-state index in [0.29, 0.717) is 43.9 Å². The monoisotopic (exact) mass is 801 g/mol. The van der Waals surface area contributed by atoms with Gasteiger partial charge in [-0.2, -0.15) is 0 Å². The van der Waals surface area contributed by atoms with E-state index in [9.17, 15) is 19.2 Å². The Bertz CT molecular complexity index is 1830. The number of aromatic nitrogens is 1. The molecule has 3 N–H and O–H groups in total. The van der Waals surface area contributed by atoms with Crippen LogP contribution in [0.1, 0.15) is 116 Å². The Morgan fingerprint density at radius 1 is 0.982 bits per heavy atom. The fraction of sp³-hybridized carbons (Fsp3) is 0.578. The number of rotatable bonds is 17. The number of aryl methyl sites for hydroxylation is 1. The zero-order valence-electron chi connectivity index (χ0n) is 35.3. The summed E-state index contributed by atoms with van der Waals surface area (Å²) in [5.41, 5.74) is 5.10. The predicted molar refractivity (Wildman–Crippen MR) is 225 cm³/mol. The summed E-state index contributed by atoms with van der Waals surface area (Å²) in [7, 11) is 0. The fourth-order valence-corrected chi connectivity index (χ4v) is 9.48. The Kier molecular flexibility index (Phi) is 14.2. The Balaban J connectivity index is 0.999. The number of hydrogen-bond acceptors (Lipinski definition) is 8. The molecule has 0 unspecified atom stereocenters. The molecule has 310 valence electrons. The molecule has 1 aliphatic carbocycles. The molecular weight excluding hydrogens is 739 g/mol. The molecule has 2 aliphatic rings. The molecule has 11 nitrogen and oxygen atoms in total. The van der Waals surface area contributed by atoms with Crippen LogP contribution in [0.15, 0.2) is 54.0 Å². The normalized spacial score (nSPS) is 18.6. The van der Waals surface area contributed by atoms with Crippen LogP contribution in [0.5, 0.6) is 5.75 Å². The van der Waals surface area contributed by atoms with Crippen molar-refractivity contribution in [1.82, 2.24) is 25.8 Å². The van der Waals surface area contributed by atoms with Gasteiger partial charge in [0, 0.05) is 31.3 Å². The Hall–Kier alpha value is -4.29. The molecule has 2 fully saturated rings. The van der Waals surface area contributed by atoms with E-state index in [4.69, 9.17) is 9.47 Å². The molecule has 1 saturated heterocycles. The number of hydrogen-bond donors (Lipinski definition) is 3. The van der Waals surface area contributed by atoms with Gasteiger partial charge >= 0.3 is 0 Å². The highest BCUT2D eigenvalue weighted by molar-refractivity contribution is 7.13. The first-order chi connectivity index (χ1) is 26.9. The Labute approximate surface area is 343 Å². The van der Waals surface area contributed by atoms with E-state index in [-0.39, 0.29) is 53.2 Å². The average Bonchev–Trinajstić information content (AvgIpc) is 3.82. The molecule has 12 heteroatoms. The van der Waals surface area contributed by atoms with Gasteiger partial charge in [0.2, 0.25) is 17.7 Å². The van der Waals surface area contributed by atoms with Gasteiger partial charge in [-0.05, 0) is 104 Å². The highest BCUT2D eigenvalue weighted by atomic mass is 32.1. The number of nitrogens with zero attached hydrogens (tertiary/aromatic N) is 2. The molecular formula is C45H63N5O6S. The quantitative estimate of drug-likeness (QED) is 0.121. The van der Waals surface area contributed by atoms with E-state index >= 15 is 0 Å². The number of nitrogens with one attached hydrogen (secondary N) is 3. The number of carbonyl (C=O) groups is 4. The first-order valence-corrected chi connectivity index (χ1v) is 21.3. The number of likely N-dealkylation sites (tertiary alicyclic amines) is 1. The second kappa shape index (κ2) is 18.5. The number of ether oxygens (including phenoxy) is 2. The second-order valence-electron chi connectivity index (χ2n) is 18.3. The van der Waals surface area contributed by atoms with Gasteiger partial charge in [-0.25, -0.2) is 4.98 Å². The zero-order chi connectivity index (χ0) is 41.5. The van der Waals surface area contributed by atoms with Gasteiger partial charge in [0.1, 0.15) is 24.4 Å². The number of benzene rings is 2. The molecule has 1 aliphatic heterocycles. The summed E-state index contributed by atoms with van der Waals surface area (Å²) in [4.78, 5) is 60.3. The molecule has 4 amide bonds. The number of thiazole rings is 1. The van der Waals surface area contributed by atoms with Crippen molar-refractivity contribution in [3.05, 3.63) is 70.9 Å². The first-order valence-electron chi connectivity index (χ1n) is 20.4. The summed E-state index contributed by atoms with van der Waals surface area (Å²) in [6, 6.07) is 14.1. The molecule has 0 radical (unpaired) electrons. The van der Waals surface area contributed by atoms with Crippen molar-refractivity contribution in [3.63, 3.8) is 0 Å². The van der Waals surface area contributed by atoms with Gasteiger partial charge in [-0.1, -0.05) is 72.7 Å². The van der Waals surface area contributed by atoms with Crippen LogP contribution >= 0.6 is 11.3 Å². The molecule has 1 aromatic heterocycles. The topological polar surface area (TPSA) is 139 Å². The molecule has 2 aromatic carbocycles. The van der Waals surface area contributed by atoms with E-state index in [1.165, 1.54) is 0 Å². The van der Waals surface area contributed by atoms with Gasteiger partial charge in [-0.15, -0.1) is 11.3 Å². The van der Waals surface area contributed by atoms with Gasteiger partial charge in [0.25, 0.3) is 5.91 Å². The lowest BCUT2D eigenvalue weighted by atomic mass is 9.52. The van der Waals surface area contributed by atoms with E-state index < -0.39 is 17.5 Å². The van der Waals surface area contributed by atoms with Crippen molar-refractivity contribution in [1.29, 1.82) is 0 Å². The zero-order valence-corrected chi connectivity index (χ0v) is 36.1. The summed E-state index contributed by atoms with van der Waals surface area (Å²) >= 11 is 1.60. The van der Waals surface area contributed by atoms with Crippen LogP contribution in [0.4, 0.5) is 0 Å². The molecule has 0 spiro atoms. The fourth-order valence-electron chi connectivity index (χ4n) is 8.67. The Morgan fingerprint density at radius 2 is 1.67 bits per heavy atom. The maximum absolute atomic E-state index is 13.9. The van der Waals surface area contributed by atoms with Crippen molar-refractivity contribution in [2.75, 3.05) is 19.8 Å². The van der Waals surface area contributed by atoms with Crippen molar-refractivity contribution in [2.45, 2.75) is 132 Å². The van der Waals surface area contributed by atoms with Crippen LogP contribution in [0, 0.1) is 23.2 Å². The SMILES string of the molecule is Cc1ncsc1-c1ccc(CNC(=O)[C@@H]2CCCN2C(=O)[C@@H](NC(=O)COCCCC[C@@H](C)Oc2ccc(C(=O)NC3C(C)(C)CC3(C)C)cc2)C(C)(C)C)cc1.